The summed E-state index contributed by atoms with van der Waals surface area (Å²) in [6.07, 6.45) is 6.01. The number of nitrogens with zero attached hydrogens (tertiary/aromatic N) is 2. The van der Waals surface area contributed by atoms with Crippen LogP contribution < -0.4 is 0 Å². The molecular weight excluding hydrogens is 240 g/mol. The quantitative estimate of drug-likeness (QED) is 0.920. The molecule has 1 aliphatic carbocycles. The number of carboxylic acid groups (broad SMARTS) is 1. The maximum absolute atomic E-state index is 11.0. The fraction of sp³-hybridized carbons (Fsp3) is 0.467. The van der Waals surface area contributed by atoms with E-state index in [-0.39, 0.29) is 6.42 Å². The van der Waals surface area contributed by atoms with Crippen molar-refractivity contribution in [2.75, 3.05) is 0 Å². The van der Waals surface area contributed by atoms with Crippen LogP contribution in [-0.2, 0) is 11.2 Å². The van der Waals surface area contributed by atoms with Crippen LogP contribution in [0.5, 0.6) is 0 Å². The maximum atomic E-state index is 11.0. The van der Waals surface area contributed by atoms with Crippen LogP contribution in [0.25, 0.3) is 11.0 Å². The Hall–Kier alpha value is -1.84. The number of carbonyl (C=O) groups is 1. The van der Waals surface area contributed by atoms with Crippen LogP contribution in [0, 0.1) is 0 Å². The molecule has 0 bridgehead atoms. The lowest BCUT2D eigenvalue weighted by atomic mass is 9.95. The van der Waals surface area contributed by atoms with Crippen molar-refractivity contribution in [3.05, 3.63) is 30.1 Å². The standard InChI is InChI=1S/C15H18N2O2/c18-15(19)10-14-16-12-8-4-5-9-13(12)17(14)11-6-2-1-3-7-11/h4-5,8-9,11H,1-3,6-7,10H2,(H,18,19). The molecular formula is C15H18N2O2. The number of para-hydroxylation sites is 2. The first-order chi connectivity index (χ1) is 9.25. The average Bonchev–Trinajstić information content (AvgIpc) is 2.76. The highest BCUT2D eigenvalue weighted by Gasteiger charge is 2.22. The first-order valence-electron chi connectivity index (χ1n) is 6.93. The van der Waals surface area contributed by atoms with Gasteiger partial charge in [0.25, 0.3) is 0 Å². The predicted octanol–water partition coefficient (Wildman–Crippen LogP) is 3.17. The second-order valence-corrected chi connectivity index (χ2v) is 5.25. The Bertz CT molecular complexity index is 597. The highest BCUT2D eigenvalue weighted by Crippen LogP contribution is 2.32. The van der Waals surface area contributed by atoms with E-state index < -0.39 is 5.97 Å². The van der Waals surface area contributed by atoms with Crippen molar-refractivity contribution in [1.29, 1.82) is 0 Å². The largest absolute Gasteiger partial charge is 0.481 e. The molecule has 3 rings (SSSR count). The van der Waals surface area contributed by atoms with Crippen molar-refractivity contribution >= 4 is 17.0 Å². The van der Waals surface area contributed by atoms with E-state index in [4.69, 9.17) is 5.11 Å². The lowest BCUT2D eigenvalue weighted by molar-refractivity contribution is -0.136. The van der Waals surface area contributed by atoms with Gasteiger partial charge >= 0.3 is 5.97 Å². The van der Waals surface area contributed by atoms with E-state index in [1.807, 2.05) is 24.3 Å². The van der Waals surface area contributed by atoms with Crippen molar-refractivity contribution in [2.24, 2.45) is 0 Å². The third-order valence-electron chi connectivity index (χ3n) is 3.92. The highest BCUT2D eigenvalue weighted by molar-refractivity contribution is 5.78. The third-order valence-corrected chi connectivity index (χ3v) is 3.92. The lowest BCUT2D eigenvalue weighted by Gasteiger charge is -2.25. The minimum atomic E-state index is -0.813. The highest BCUT2D eigenvalue weighted by atomic mass is 16.4. The van der Waals surface area contributed by atoms with Gasteiger partial charge in [0.05, 0.1) is 11.0 Å². The molecule has 0 spiro atoms. The van der Waals surface area contributed by atoms with E-state index in [2.05, 4.69) is 9.55 Å². The summed E-state index contributed by atoms with van der Waals surface area (Å²) in [5.74, 6) is -0.118. The fourth-order valence-corrected chi connectivity index (χ4v) is 3.10. The zero-order chi connectivity index (χ0) is 13.2. The van der Waals surface area contributed by atoms with Crippen molar-refractivity contribution in [2.45, 2.75) is 44.6 Å². The summed E-state index contributed by atoms with van der Waals surface area (Å²) in [5, 5.41) is 9.06. The summed E-state index contributed by atoms with van der Waals surface area (Å²) >= 11 is 0. The molecule has 1 aliphatic rings. The van der Waals surface area contributed by atoms with Gasteiger partial charge in [-0.05, 0) is 25.0 Å². The SMILES string of the molecule is O=C(O)Cc1nc2ccccc2n1C1CCCCC1. The molecule has 0 amide bonds. The molecule has 1 fully saturated rings. The topological polar surface area (TPSA) is 55.1 Å². The summed E-state index contributed by atoms with van der Waals surface area (Å²) < 4.78 is 2.17. The zero-order valence-corrected chi connectivity index (χ0v) is 10.9. The zero-order valence-electron chi connectivity index (χ0n) is 10.9. The smallest absolute Gasteiger partial charge is 0.311 e. The van der Waals surface area contributed by atoms with Gasteiger partial charge in [0, 0.05) is 6.04 Å². The van der Waals surface area contributed by atoms with Crippen molar-refractivity contribution in [3.63, 3.8) is 0 Å². The number of aromatic nitrogens is 2. The molecule has 1 aromatic carbocycles. The normalized spacial score (nSPS) is 16.8. The van der Waals surface area contributed by atoms with Crippen LogP contribution in [0.15, 0.2) is 24.3 Å². The summed E-state index contributed by atoms with van der Waals surface area (Å²) in [4.78, 5) is 15.5. The number of hydrogen-bond acceptors (Lipinski definition) is 2. The van der Waals surface area contributed by atoms with Crippen LogP contribution in [0.3, 0.4) is 0 Å². The Kier molecular flexibility index (Phi) is 3.23. The number of carboxylic acids is 1. The number of rotatable bonds is 3. The average molecular weight is 258 g/mol. The molecule has 1 heterocycles. The molecule has 100 valence electrons. The van der Waals surface area contributed by atoms with Gasteiger partial charge in [0.1, 0.15) is 12.2 Å². The summed E-state index contributed by atoms with van der Waals surface area (Å²) in [6, 6.07) is 8.36. The molecule has 0 unspecified atom stereocenters. The van der Waals surface area contributed by atoms with Crippen molar-refractivity contribution in [3.8, 4) is 0 Å². The van der Waals surface area contributed by atoms with Gasteiger partial charge in [-0.2, -0.15) is 0 Å². The number of benzene rings is 1. The number of hydrogen-bond donors (Lipinski definition) is 1. The van der Waals surface area contributed by atoms with Crippen LogP contribution in [0.1, 0.15) is 44.0 Å². The van der Waals surface area contributed by atoms with E-state index in [0.717, 1.165) is 23.9 Å². The van der Waals surface area contributed by atoms with Crippen molar-refractivity contribution < 1.29 is 9.90 Å². The van der Waals surface area contributed by atoms with Gasteiger partial charge in [0.2, 0.25) is 0 Å². The molecule has 1 aromatic heterocycles. The Morgan fingerprint density at radius 3 is 2.74 bits per heavy atom. The monoisotopic (exact) mass is 258 g/mol. The van der Waals surface area contributed by atoms with E-state index in [1.54, 1.807) is 0 Å². The van der Waals surface area contributed by atoms with Gasteiger partial charge in [-0.1, -0.05) is 31.4 Å². The molecule has 4 nitrogen and oxygen atoms in total. The van der Waals surface area contributed by atoms with Gasteiger partial charge in [-0.3, -0.25) is 4.79 Å². The van der Waals surface area contributed by atoms with Crippen LogP contribution in [0.4, 0.5) is 0 Å². The molecule has 19 heavy (non-hydrogen) atoms. The Morgan fingerprint density at radius 1 is 1.26 bits per heavy atom. The molecule has 2 aromatic rings. The lowest BCUT2D eigenvalue weighted by Crippen LogP contribution is -2.17. The summed E-state index contributed by atoms with van der Waals surface area (Å²) in [7, 11) is 0. The Morgan fingerprint density at radius 2 is 2.00 bits per heavy atom. The summed E-state index contributed by atoms with van der Waals surface area (Å²) in [6.45, 7) is 0. The van der Waals surface area contributed by atoms with Crippen LogP contribution >= 0.6 is 0 Å². The molecule has 0 aliphatic heterocycles. The first-order valence-corrected chi connectivity index (χ1v) is 6.93. The molecule has 0 radical (unpaired) electrons. The summed E-state index contributed by atoms with van der Waals surface area (Å²) in [5.41, 5.74) is 1.98. The third kappa shape index (κ3) is 2.35. The van der Waals surface area contributed by atoms with Crippen LogP contribution in [0.2, 0.25) is 0 Å². The fourth-order valence-electron chi connectivity index (χ4n) is 3.10. The van der Waals surface area contributed by atoms with Gasteiger partial charge < -0.3 is 9.67 Å². The van der Waals surface area contributed by atoms with E-state index in [0.29, 0.717) is 11.9 Å². The maximum Gasteiger partial charge on any atom is 0.311 e. The Balaban J connectivity index is 2.09. The molecule has 1 saturated carbocycles. The van der Waals surface area contributed by atoms with Crippen LogP contribution in [-0.4, -0.2) is 20.6 Å². The van der Waals surface area contributed by atoms with Gasteiger partial charge in [-0.15, -0.1) is 0 Å². The minimum Gasteiger partial charge on any atom is -0.481 e. The Labute approximate surface area is 112 Å². The molecule has 4 heteroatoms. The van der Waals surface area contributed by atoms with Gasteiger partial charge in [-0.25, -0.2) is 4.98 Å². The van der Waals surface area contributed by atoms with E-state index in [9.17, 15) is 4.79 Å². The molecule has 0 atom stereocenters. The predicted molar refractivity (Wildman–Crippen MR) is 73.2 cm³/mol. The second kappa shape index (κ2) is 5.03. The van der Waals surface area contributed by atoms with Gasteiger partial charge in [0.15, 0.2) is 0 Å². The number of fused-ring (bicyclic) bond motifs is 1. The number of aliphatic carboxylic acids is 1. The second-order valence-electron chi connectivity index (χ2n) is 5.25. The minimum absolute atomic E-state index is 0.00514. The van der Waals surface area contributed by atoms with Crippen molar-refractivity contribution in [1.82, 2.24) is 9.55 Å². The molecule has 0 saturated heterocycles. The molecule has 1 N–H and O–H groups in total. The van der Waals surface area contributed by atoms with E-state index in [1.165, 1.54) is 19.3 Å². The first kappa shape index (κ1) is 12.2. The number of imidazole rings is 1. The van der Waals surface area contributed by atoms with E-state index >= 15 is 0 Å².